The van der Waals surface area contributed by atoms with Gasteiger partial charge in [0, 0.05) is 80.1 Å². The number of pyridine rings is 1. The Morgan fingerprint density at radius 2 is 1.56 bits per heavy atom. The van der Waals surface area contributed by atoms with Crippen LogP contribution in [0.25, 0.3) is 10.9 Å². The summed E-state index contributed by atoms with van der Waals surface area (Å²) in [6, 6.07) is 20.9. The number of anilines is 3. The summed E-state index contributed by atoms with van der Waals surface area (Å²) in [4.78, 5) is 87.8. The molecule has 452 valence electrons. The van der Waals surface area contributed by atoms with Crippen molar-refractivity contribution >= 4 is 75.3 Å². The average Bonchev–Trinajstić information content (AvgIpc) is 2.22. The number of nitrogens with zero attached hydrogens (tertiary/aromatic N) is 6. The van der Waals surface area contributed by atoms with Crippen LogP contribution < -0.4 is 52.7 Å². The minimum absolute atomic E-state index is 0.00721. The fourth-order valence-corrected chi connectivity index (χ4v) is 9.75. The molecule has 2 aliphatic heterocycles. The van der Waals surface area contributed by atoms with Gasteiger partial charge in [-0.2, -0.15) is 10.1 Å². The number of ether oxygens (including phenoxy) is 5. The summed E-state index contributed by atoms with van der Waals surface area (Å²) >= 11 is 6.49. The van der Waals surface area contributed by atoms with Crippen LogP contribution in [0, 0.1) is 5.92 Å². The molecule has 5 aromatic rings. The van der Waals surface area contributed by atoms with Gasteiger partial charge in [-0.15, -0.1) is 0 Å². The molecule has 0 saturated carbocycles. The molecular formula is C58H77ClN14O11. The summed E-state index contributed by atoms with van der Waals surface area (Å²) in [5.41, 5.74) is 9.71. The van der Waals surface area contributed by atoms with Crippen molar-refractivity contribution in [3.05, 3.63) is 116 Å². The molecule has 7 rings (SSSR count). The SMILES string of the molecule is CNC(=O)COc1cc2cc(NC(/N=C(\N)N3CCC(C(=O)NCCOCCOCCOCCC(=O)Nc4ccc(C(=O)Nc5n[nH]c6c5CN(C(=O)N[C@H](CN(C)C)c5ccccc5)C6(C)C)cc4)CC3)=C(/C)Cl)cc(OC)c2n(C)c1=O. The molecular weight excluding hydrogens is 1100 g/mol. The molecule has 4 heterocycles. The Labute approximate surface area is 492 Å². The summed E-state index contributed by atoms with van der Waals surface area (Å²) in [5, 5.41) is 25.9. The van der Waals surface area contributed by atoms with E-state index in [0.717, 1.165) is 16.8 Å². The lowest BCUT2D eigenvalue weighted by Crippen LogP contribution is -2.48. The summed E-state index contributed by atoms with van der Waals surface area (Å²) in [6.45, 7) is 9.14. The number of halogens is 1. The second kappa shape index (κ2) is 29.8. The minimum Gasteiger partial charge on any atom is -0.494 e. The van der Waals surface area contributed by atoms with Crippen molar-refractivity contribution in [3.8, 4) is 11.5 Å². The van der Waals surface area contributed by atoms with Gasteiger partial charge in [0.05, 0.1) is 87.5 Å². The average molecular weight is 1180 g/mol. The van der Waals surface area contributed by atoms with Gasteiger partial charge in [-0.3, -0.25) is 29.1 Å². The van der Waals surface area contributed by atoms with E-state index in [-0.39, 0.29) is 86.0 Å². The standard InChI is InChI=1S/C58H77ClN14O11/c1-36(59)51(64-42-30-40-31-46(84-35-48(75)61-4)55(78)71(7)49(40)45(32-42)80-8)67-56(60)72-22-18-39(19-23-72)53(76)62-21-25-82-27-29-83-28-26-81-24-20-47(74)63-41-16-14-38(15-17-41)54(77)66-52-43-33-73(58(2,3)50(43)68-69-52)57(79)65-44(34-70(5)6)37-12-10-9-11-13-37/h9-17,30-32,39,44,64H,18-29,33-35H2,1-8H3,(H2,60,67)(H,61,75)(H,62,76)(H,63,74)(H,65,79)(H2,66,68,69,77)/b51-36+/t44-/m1/s1. The molecule has 0 spiro atoms. The largest absolute Gasteiger partial charge is 0.494 e. The molecule has 0 aliphatic carbocycles. The molecule has 1 fully saturated rings. The highest BCUT2D eigenvalue weighted by molar-refractivity contribution is 6.29. The van der Waals surface area contributed by atoms with Crippen molar-refractivity contribution < 1.29 is 47.7 Å². The maximum absolute atomic E-state index is 13.8. The third-order valence-electron chi connectivity index (χ3n) is 14.3. The van der Waals surface area contributed by atoms with E-state index in [0.29, 0.717) is 110 Å². The number of aromatic nitrogens is 3. The number of likely N-dealkylation sites (tertiary alicyclic amines) is 1. The Morgan fingerprint density at radius 1 is 0.881 bits per heavy atom. The second-order valence-electron chi connectivity index (χ2n) is 20.9. The van der Waals surface area contributed by atoms with E-state index in [2.05, 4.69) is 47.1 Å². The quantitative estimate of drug-likeness (QED) is 0.0200. The van der Waals surface area contributed by atoms with Crippen LogP contribution in [0.15, 0.2) is 93.4 Å². The number of urea groups is 1. The number of allylic oxidation sites excluding steroid dienone is 1. The van der Waals surface area contributed by atoms with Crippen LogP contribution in [-0.4, -0.2) is 166 Å². The van der Waals surface area contributed by atoms with Gasteiger partial charge in [0.25, 0.3) is 17.4 Å². The van der Waals surface area contributed by atoms with Crippen LogP contribution in [0.1, 0.15) is 73.3 Å². The second-order valence-corrected chi connectivity index (χ2v) is 21.5. The van der Waals surface area contributed by atoms with Crippen molar-refractivity contribution in [2.24, 2.45) is 23.7 Å². The Balaban J connectivity index is 0.731. The highest BCUT2D eigenvalue weighted by atomic mass is 35.5. The number of methoxy groups -OCH3 is 1. The minimum atomic E-state index is -0.723. The van der Waals surface area contributed by atoms with Crippen LogP contribution in [0.2, 0.25) is 0 Å². The number of H-pyrrole nitrogens is 1. The number of aryl methyl sites for hydroxylation is 1. The predicted molar refractivity (Wildman–Crippen MR) is 320 cm³/mol. The summed E-state index contributed by atoms with van der Waals surface area (Å²) in [7, 11) is 8.47. The molecule has 2 aliphatic rings. The van der Waals surface area contributed by atoms with Crippen molar-refractivity contribution in [3.63, 3.8) is 0 Å². The third kappa shape index (κ3) is 16.7. The number of guanidine groups is 1. The van der Waals surface area contributed by atoms with Gasteiger partial charge in [-0.05, 0) is 89.7 Å². The number of nitrogens with two attached hydrogens (primary N) is 1. The Kier molecular flexibility index (Phi) is 22.5. The Morgan fingerprint density at radius 3 is 2.21 bits per heavy atom. The summed E-state index contributed by atoms with van der Waals surface area (Å²) in [5.74, 6) is -0.0673. The molecule has 0 unspecified atom stereocenters. The maximum Gasteiger partial charge on any atom is 0.319 e. The first-order valence-corrected chi connectivity index (χ1v) is 28.0. The molecule has 26 heteroatoms. The maximum atomic E-state index is 13.8. The van der Waals surface area contributed by atoms with Crippen LogP contribution in [-0.2, 0) is 47.7 Å². The first-order chi connectivity index (χ1) is 40.3. The zero-order valence-corrected chi connectivity index (χ0v) is 49.6. The zero-order valence-electron chi connectivity index (χ0n) is 48.8. The van der Waals surface area contributed by atoms with Crippen molar-refractivity contribution in [2.75, 3.05) is 117 Å². The van der Waals surface area contributed by atoms with Gasteiger partial charge in [-0.1, -0.05) is 41.9 Å². The number of benzene rings is 3. The molecule has 9 N–H and O–H groups in total. The van der Waals surface area contributed by atoms with Gasteiger partial charge in [0.2, 0.25) is 11.8 Å². The molecule has 6 amide bonds. The first-order valence-electron chi connectivity index (χ1n) is 27.6. The highest BCUT2D eigenvalue weighted by Crippen LogP contribution is 2.41. The molecule has 2 aromatic heterocycles. The van der Waals surface area contributed by atoms with Crippen LogP contribution in [0.3, 0.4) is 0 Å². The number of rotatable bonds is 27. The normalized spacial score (nSPS) is 14.8. The number of likely N-dealkylation sites (N-methyl/N-ethyl adjacent to an activating group) is 2. The third-order valence-corrected chi connectivity index (χ3v) is 14.5. The van der Waals surface area contributed by atoms with E-state index < -0.39 is 17.0 Å². The summed E-state index contributed by atoms with van der Waals surface area (Å²) in [6.07, 6.45) is 1.24. The number of fused-ring (bicyclic) bond motifs is 2. The Hall–Kier alpha value is -8.23. The number of aromatic amines is 1. The topological polar surface area (TPSA) is 302 Å². The molecule has 84 heavy (non-hydrogen) atoms. The number of hydrogen-bond acceptors (Lipinski definition) is 15. The molecule has 0 bridgehead atoms. The molecule has 3 aromatic carbocycles. The number of nitrogens with one attached hydrogen (secondary N) is 7. The zero-order chi connectivity index (χ0) is 60.5. The number of aliphatic imine (C=N–C) groups is 1. The van der Waals surface area contributed by atoms with Crippen molar-refractivity contribution in [1.29, 1.82) is 0 Å². The van der Waals surface area contributed by atoms with E-state index in [9.17, 15) is 28.8 Å². The number of hydrogen-bond donors (Lipinski definition) is 8. The number of amides is 6. The molecule has 1 atom stereocenters. The predicted octanol–water partition coefficient (Wildman–Crippen LogP) is 4.77. The fraction of sp³-hybridized carbons (Fsp3) is 0.448. The lowest BCUT2D eigenvalue weighted by molar-refractivity contribution is -0.126. The van der Waals surface area contributed by atoms with E-state index in [1.165, 1.54) is 18.7 Å². The number of piperidine rings is 1. The fourth-order valence-electron chi connectivity index (χ4n) is 9.66. The first kappa shape index (κ1) is 63.4. The van der Waals surface area contributed by atoms with Gasteiger partial charge >= 0.3 is 6.03 Å². The molecule has 1 saturated heterocycles. The van der Waals surface area contributed by atoms with Crippen molar-refractivity contribution in [2.45, 2.75) is 58.2 Å². The smallest absolute Gasteiger partial charge is 0.319 e. The van der Waals surface area contributed by atoms with Gasteiger partial charge in [0.1, 0.15) is 11.6 Å². The van der Waals surface area contributed by atoms with Gasteiger partial charge in [0.15, 0.2) is 24.1 Å². The number of carbonyl (C=O) groups excluding carboxylic acids is 5. The van der Waals surface area contributed by atoms with Gasteiger partial charge in [-0.25, -0.2) is 4.79 Å². The molecule has 0 radical (unpaired) electrons. The lowest BCUT2D eigenvalue weighted by Gasteiger charge is -2.34. The number of carbonyl (C=O) groups is 5. The van der Waals surface area contributed by atoms with E-state index in [4.69, 9.17) is 41.0 Å². The summed E-state index contributed by atoms with van der Waals surface area (Å²) < 4.78 is 29.3. The lowest BCUT2D eigenvalue weighted by atomic mass is 9.96. The molecule has 25 nitrogen and oxygen atoms in total. The van der Waals surface area contributed by atoms with E-state index in [1.807, 2.05) is 68.1 Å². The van der Waals surface area contributed by atoms with E-state index >= 15 is 0 Å². The van der Waals surface area contributed by atoms with Crippen LogP contribution in [0.5, 0.6) is 11.5 Å². The van der Waals surface area contributed by atoms with Crippen LogP contribution in [0.4, 0.5) is 22.0 Å². The highest BCUT2D eigenvalue weighted by Gasteiger charge is 2.44. The monoisotopic (exact) mass is 1180 g/mol. The van der Waals surface area contributed by atoms with E-state index in [1.54, 1.807) is 61.3 Å². The van der Waals surface area contributed by atoms with Crippen molar-refractivity contribution in [1.82, 2.24) is 45.4 Å². The Bertz CT molecular complexity index is 3230. The van der Waals surface area contributed by atoms with Crippen LogP contribution >= 0.6 is 11.6 Å². The van der Waals surface area contributed by atoms with Gasteiger partial charge < -0.3 is 80.6 Å².